The Morgan fingerprint density at radius 1 is 0.697 bits per heavy atom. The maximum Gasteiger partial charge on any atom is 0.211 e. The van der Waals surface area contributed by atoms with E-state index >= 15 is 0 Å². The number of sulfone groups is 2. The Morgan fingerprint density at radius 3 is 1.85 bits per heavy atom. The van der Waals surface area contributed by atoms with E-state index in [0.29, 0.717) is 5.56 Å². The molecule has 3 aromatic rings. The minimum atomic E-state index is -4.10. The van der Waals surface area contributed by atoms with Gasteiger partial charge in [0.1, 0.15) is 4.91 Å². The first-order chi connectivity index (χ1) is 15.7. The van der Waals surface area contributed by atoms with Gasteiger partial charge >= 0.3 is 0 Å². The number of benzene rings is 3. The van der Waals surface area contributed by atoms with Gasteiger partial charge in [0.05, 0.1) is 14.7 Å². The van der Waals surface area contributed by atoms with Gasteiger partial charge in [0.25, 0.3) is 0 Å². The van der Waals surface area contributed by atoms with E-state index in [1.165, 1.54) is 36.4 Å². The summed E-state index contributed by atoms with van der Waals surface area (Å²) in [6, 6.07) is 20.1. The van der Waals surface area contributed by atoms with Crippen molar-refractivity contribution in [3.63, 3.8) is 0 Å². The van der Waals surface area contributed by atoms with E-state index in [-0.39, 0.29) is 26.5 Å². The zero-order valence-electron chi connectivity index (χ0n) is 16.9. The lowest BCUT2D eigenvalue weighted by Crippen LogP contribution is -2.05. The van der Waals surface area contributed by atoms with Crippen molar-refractivity contribution in [2.45, 2.75) is 9.79 Å². The molecule has 0 fully saturated rings. The molecule has 0 radical (unpaired) electrons. The molecule has 6 nitrogen and oxygen atoms in total. The van der Waals surface area contributed by atoms with Gasteiger partial charge in [-0.2, -0.15) is 0 Å². The van der Waals surface area contributed by atoms with Gasteiger partial charge in [0, 0.05) is 5.56 Å². The van der Waals surface area contributed by atoms with Crippen LogP contribution in [0.3, 0.4) is 0 Å². The number of allylic oxidation sites excluding steroid dienone is 4. The largest absolute Gasteiger partial charge is 0.871 e. The van der Waals surface area contributed by atoms with Gasteiger partial charge in [-0.15, -0.1) is 0 Å². The lowest BCUT2D eigenvalue weighted by atomic mass is 10.0. The second-order valence-corrected chi connectivity index (χ2v) is 11.3. The predicted molar refractivity (Wildman–Crippen MR) is 121 cm³/mol. The monoisotopic (exact) mass is 475 g/mol. The molecule has 0 unspecified atom stereocenters. The standard InChI is InChI=1S/C25H16O6S2/c26-24-18-10-4-6-12-20(18)32(28,29)22(24)14-17(16-8-2-1-3-9-16)15-23-25(27)19-11-5-7-13-21(19)33(23,30)31/h1-15,26H/p-1. The third-order valence-electron chi connectivity index (χ3n) is 5.55. The van der Waals surface area contributed by atoms with Crippen molar-refractivity contribution in [1.82, 2.24) is 0 Å². The highest BCUT2D eigenvalue weighted by Gasteiger charge is 2.39. The number of rotatable bonds is 3. The molecule has 164 valence electrons. The number of fused-ring (bicyclic) bond motifs is 2. The highest BCUT2D eigenvalue weighted by atomic mass is 32.2. The Labute approximate surface area is 190 Å². The lowest BCUT2D eigenvalue weighted by molar-refractivity contribution is -0.244. The van der Waals surface area contributed by atoms with Crippen molar-refractivity contribution in [3.8, 4) is 0 Å². The number of hydrogen-bond donors (Lipinski definition) is 0. The molecule has 5 rings (SSSR count). The molecule has 2 aliphatic rings. The molecule has 0 bridgehead atoms. The van der Waals surface area contributed by atoms with Crippen LogP contribution in [0, 0.1) is 0 Å². The van der Waals surface area contributed by atoms with Crippen molar-refractivity contribution in [2.75, 3.05) is 0 Å². The SMILES string of the molecule is O=C1C(=CC(=CC2=C([O-])c3ccccc3S2(=O)=O)c2ccccc2)S(=O)(=O)c2ccccc21. The molecule has 0 saturated carbocycles. The van der Waals surface area contributed by atoms with Crippen LogP contribution in [0.1, 0.15) is 21.5 Å². The fourth-order valence-electron chi connectivity index (χ4n) is 3.93. The average molecular weight is 476 g/mol. The van der Waals surface area contributed by atoms with Crippen LogP contribution in [0.5, 0.6) is 0 Å². The Morgan fingerprint density at radius 2 is 1.24 bits per heavy atom. The summed E-state index contributed by atoms with van der Waals surface area (Å²) in [7, 11) is -8.20. The zero-order valence-corrected chi connectivity index (χ0v) is 18.6. The average Bonchev–Trinajstić information content (AvgIpc) is 3.13. The summed E-state index contributed by atoms with van der Waals surface area (Å²) in [4.78, 5) is 11.8. The highest BCUT2D eigenvalue weighted by Crippen LogP contribution is 2.40. The summed E-state index contributed by atoms with van der Waals surface area (Å²) >= 11 is 0. The third-order valence-corrected chi connectivity index (χ3v) is 9.18. The normalized spacial score (nSPS) is 19.6. The van der Waals surface area contributed by atoms with E-state index in [1.54, 1.807) is 42.5 Å². The van der Waals surface area contributed by atoms with Crippen molar-refractivity contribution >= 4 is 36.8 Å². The first-order valence-corrected chi connectivity index (χ1v) is 12.8. The van der Waals surface area contributed by atoms with Gasteiger partial charge < -0.3 is 5.11 Å². The summed E-state index contributed by atoms with van der Waals surface area (Å²) in [6.07, 6.45) is 2.29. The Kier molecular flexibility index (Phi) is 4.73. The van der Waals surface area contributed by atoms with E-state index in [2.05, 4.69) is 0 Å². The molecule has 3 aromatic carbocycles. The van der Waals surface area contributed by atoms with Gasteiger partial charge in [-0.3, -0.25) is 4.79 Å². The van der Waals surface area contributed by atoms with Crippen LogP contribution in [-0.4, -0.2) is 22.6 Å². The molecule has 8 heteroatoms. The fraction of sp³-hybridized carbons (Fsp3) is 0. The minimum Gasteiger partial charge on any atom is -0.871 e. The number of carbonyl (C=O) groups is 1. The summed E-state index contributed by atoms with van der Waals surface area (Å²) in [6.45, 7) is 0. The van der Waals surface area contributed by atoms with Crippen LogP contribution in [0.4, 0.5) is 0 Å². The van der Waals surface area contributed by atoms with Crippen LogP contribution < -0.4 is 5.11 Å². The first kappa shape index (κ1) is 21.1. The molecule has 0 N–H and O–H groups in total. The molecule has 0 spiro atoms. The first-order valence-electron chi connectivity index (χ1n) is 9.86. The molecule has 0 aromatic heterocycles. The van der Waals surface area contributed by atoms with Crippen LogP contribution in [0.2, 0.25) is 0 Å². The topological polar surface area (TPSA) is 108 Å². The number of hydrogen-bond acceptors (Lipinski definition) is 6. The Balaban J connectivity index is 1.75. The molecule has 33 heavy (non-hydrogen) atoms. The molecule has 0 amide bonds. The van der Waals surface area contributed by atoms with Gasteiger partial charge in [-0.1, -0.05) is 66.4 Å². The predicted octanol–water partition coefficient (Wildman–Crippen LogP) is 3.14. The molecular formula is C25H15O6S2-. The fourth-order valence-corrected chi connectivity index (χ4v) is 7.09. The molecule has 0 atom stereocenters. The summed E-state index contributed by atoms with van der Waals surface area (Å²) in [5.41, 5.74) is 0.687. The van der Waals surface area contributed by atoms with Crippen LogP contribution in [0.15, 0.2) is 111 Å². The summed E-state index contributed by atoms with van der Waals surface area (Å²) in [5, 5.41) is 12.9. The molecular weight excluding hydrogens is 460 g/mol. The summed E-state index contributed by atoms with van der Waals surface area (Å²) < 4.78 is 52.2. The van der Waals surface area contributed by atoms with Crippen molar-refractivity contribution in [1.29, 1.82) is 0 Å². The van der Waals surface area contributed by atoms with Gasteiger partial charge in [-0.25, -0.2) is 16.8 Å². The second-order valence-electron chi connectivity index (χ2n) is 7.50. The lowest BCUT2D eigenvalue weighted by Gasteiger charge is -2.10. The van der Waals surface area contributed by atoms with Crippen LogP contribution in [-0.2, 0) is 19.7 Å². The maximum atomic E-state index is 13.1. The van der Waals surface area contributed by atoms with Crippen molar-refractivity contribution < 1.29 is 26.7 Å². The Bertz CT molecular complexity index is 1640. The zero-order chi connectivity index (χ0) is 23.4. The van der Waals surface area contributed by atoms with Crippen molar-refractivity contribution in [3.05, 3.63) is 118 Å². The summed E-state index contributed by atoms with van der Waals surface area (Å²) in [5.74, 6) is -1.36. The molecule has 0 aliphatic carbocycles. The second kappa shape index (κ2) is 7.40. The van der Waals surface area contributed by atoms with E-state index in [9.17, 15) is 26.7 Å². The quantitative estimate of drug-likeness (QED) is 0.539. The van der Waals surface area contributed by atoms with E-state index < -0.39 is 41.0 Å². The van der Waals surface area contributed by atoms with Gasteiger partial charge in [-0.05, 0) is 47.1 Å². The van der Waals surface area contributed by atoms with E-state index in [0.717, 1.165) is 12.2 Å². The molecule has 0 saturated heterocycles. The van der Waals surface area contributed by atoms with Crippen LogP contribution in [0.25, 0.3) is 11.3 Å². The minimum absolute atomic E-state index is 0.0563. The third kappa shape index (κ3) is 3.18. The number of ketones is 1. The highest BCUT2D eigenvalue weighted by molar-refractivity contribution is 7.97. The van der Waals surface area contributed by atoms with E-state index in [1.807, 2.05) is 0 Å². The van der Waals surface area contributed by atoms with E-state index in [4.69, 9.17) is 0 Å². The Hall–Kier alpha value is -3.75. The number of Topliss-reactive ketones (excluding diaryl/α,β-unsaturated/α-hetero) is 1. The van der Waals surface area contributed by atoms with Crippen molar-refractivity contribution in [2.24, 2.45) is 0 Å². The molecule has 2 heterocycles. The molecule has 2 aliphatic heterocycles. The maximum absolute atomic E-state index is 13.1. The van der Waals surface area contributed by atoms with Gasteiger partial charge in [0.15, 0.2) is 0 Å². The smallest absolute Gasteiger partial charge is 0.211 e. The van der Waals surface area contributed by atoms with Crippen LogP contribution >= 0.6 is 0 Å². The van der Waals surface area contributed by atoms with Gasteiger partial charge in [0.2, 0.25) is 25.5 Å². The number of carbonyl (C=O) groups excluding carboxylic acids is 1.